The Kier molecular flexibility index (Phi) is 3.31. The first-order valence-corrected chi connectivity index (χ1v) is 5.77. The predicted molar refractivity (Wildman–Crippen MR) is 60.7 cm³/mol. The maximum Gasteiger partial charge on any atom is 0.0630 e. The van der Waals surface area contributed by atoms with Crippen molar-refractivity contribution in [3.05, 3.63) is 24.3 Å². The average molecular weight is 205 g/mol. The Balaban J connectivity index is 2.05. The SMILES string of the molecule is CC(C)N1CCCC(c2cnccn2)C1. The summed E-state index contributed by atoms with van der Waals surface area (Å²) in [6, 6.07) is 0.643. The average Bonchev–Trinajstić information content (AvgIpc) is 2.30. The van der Waals surface area contributed by atoms with Crippen molar-refractivity contribution in [2.45, 2.75) is 38.6 Å². The molecular weight excluding hydrogens is 186 g/mol. The van der Waals surface area contributed by atoms with Crippen molar-refractivity contribution < 1.29 is 0 Å². The Hall–Kier alpha value is -0.960. The number of hydrogen-bond acceptors (Lipinski definition) is 3. The van der Waals surface area contributed by atoms with Gasteiger partial charge in [0, 0.05) is 37.1 Å². The fourth-order valence-corrected chi connectivity index (χ4v) is 2.24. The number of nitrogens with zero attached hydrogens (tertiary/aromatic N) is 3. The quantitative estimate of drug-likeness (QED) is 0.740. The molecule has 3 heteroatoms. The molecule has 82 valence electrons. The molecule has 0 aromatic carbocycles. The molecule has 2 rings (SSSR count). The van der Waals surface area contributed by atoms with Crippen LogP contribution in [0.5, 0.6) is 0 Å². The smallest absolute Gasteiger partial charge is 0.0630 e. The molecule has 1 aromatic heterocycles. The molecule has 0 saturated carbocycles. The van der Waals surface area contributed by atoms with E-state index >= 15 is 0 Å². The number of rotatable bonds is 2. The van der Waals surface area contributed by atoms with Gasteiger partial charge < -0.3 is 4.90 Å². The second-order valence-electron chi connectivity index (χ2n) is 4.56. The van der Waals surface area contributed by atoms with E-state index in [2.05, 4.69) is 28.7 Å². The van der Waals surface area contributed by atoms with Gasteiger partial charge in [-0.2, -0.15) is 0 Å². The minimum atomic E-state index is 0.579. The van der Waals surface area contributed by atoms with Crippen molar-refractivity contribution in [1.82, 2.24) is 14.9 Å². The summed E-state index contributed by atoms with van der Waals surface area (Å²) in [5.74, 6) is 0.579. The number of likely N-dealkylation sites (tertiary alicyclic amines) is 1. The summed E-state index contributed by atoms with van der Waals surface area (Å²) in [5.41, 5.74) is 1.16. The van der Waals surface area contributed by atoms with Gasteiger partial charge in [-0.25, -0.2) is 0 Å². The van der Waals surface area contributed by atoms with Crippen LogP contribution in [0.15, 0.2) is 18.6 Å². The summed E-state index contributed by atoms with van der Waals surface area (Å²) in [5, 5.41) is 0. The lowest BCUT2D eigenvalue weighted by Gasteiger charge is -2.35. The van der Waals surface area contributed by atoms with Crippen molar-refractivity contribution >= 4 is 0 Å². The highest BCUT2D eigenvalue weighted by atomic mass is 15.2. The van der Waals surface area contributed by atoms with Crippen LogP contribution in [0.4, 0.5) is 0 Å². The minimum Gasteiger partial charge on any atom is -0.300 e. The Labute approximate surface area is 91.5 Å². The molecule has 1 aliphatic heterocycles. The van der Waals surface area contributed by atoms with Gasteiger partial charge in [0.05, 0.1) is 5.69 Å². The van der Waals surface area contributed by atoms with Crippen LogP contribution in [0.2, 0.25) is 0 Å². The molecule has 0 spiro atoms. The minimum absolute atomic E-state index is 0.579. The van der Waals surface area contributed by atoms with Crippen molar-refractivity contribution in [3.63, 3.8) is 0 Å². The number of aromatic nitrogens is 2. The fourth-order valence-electron chi connectivity index (χ4n) is 2.24. The number of piperidine rings is 1. The molecule has 1 saturated heterocycles. The summed E-state index contributed by atoms with van der Waals surface area (Å²) in [4.78, 5) is 11.1. The van der Waals surface area contributed by atoms with E-state index in [1.165, 1.54) is 19.4 Å². The zero-order valence-electron chi connectivity index (χ0n) is 9.56. The van der Waals surface area contributed by atoms with Crippen LogP contribution >= 0.6 is 0 Å². The van der Waals surface area contributed by atoms with Crippen LogP contribution in [0.1, 0.15) is 38.3 Å². The topological polar surface area (TPSA) is 29.0 Å². The van der Waals surface area contributed by atoms with E-state index in [9.17, 15) is 0 Å². The third-order valence-electron chi connectivity index (χ3n) is 3.18. The van der Waals surface area contributed by atoms with Gasteiger partial charge in [0.25, 0.3) is 0 Å². The molecule has 2 heterocycles. The Morgan fingerprint density at radius 2 is 2.27 bits per heavy atom. The monoisotopic (exact) mass is 205 g/mol. The van der Waals surface area contributed by atoms with Gasteiger partial charge >= 0.3 is 0 Å². The maximum atomic E-state index is 4.41. The lowest BCUT2D eigenvalue weighted by Crippen LogP contribution is -2.39. The van der Waals surface area contributed by atoms with E-state index in [4.69, 9.17) is 0 Å². The highest BCUT2D eigenvalue weighted by molar-refractivity contribution is 5.05. The van der Waals surface area contributed by atoms with Crippen LogP contribution < -0.4 is 0 Å². The van der Waals surface area contributed by atoms with Crippen LogP contribution in [0.3, 0.4) is 0 Å². The van der Waals surface area contributed by atoms with Crippen molar-refractivity contribution in [2.75, 3.05) is 13.1 Å². The summed E-state index contributed by atoms with van der Waals surface area (Å²) in [7, 11) is 0. The zero-order valence-corrected chi connectivity index (χ0v) is 9.56. The van der Waals surface area contributed by atoms with Gasteiger partial charge in [-0.05, 0) is 33.2 Å². The molecule has 0 N–H and O–H groups in total. The fraction of sp³-hybridized carbons (Fsp3) is 0.667. The van der Waals surface area contributed by atoms with Crippen molar-refractivity contribution in [2.24, 2.45) is 0 Å². The molecule has 0 bridgehead atoms. The van der Waals surface area contributed by atoms with Crippen LogP contribution in [0.25, 0.3) is 0 Å². The normalized spacial score (nSPS) is 23.3. The van der Waals surface area contributed by atoms with E-state index < -0.39 is 0 Å². The highest BCUT2D eigenvalue weighted by Gasteiger charge is 2.23. The van der Waals surface area contributed by atoms with Crippen LogP contribution in [-0.4, -0.2) is 34.0 Å². The third kappa shape index (κ3) is 2.53. The Morgan fingerprint density at radius 3 is 2.93 bits per heavy atom. The zero-order chi connectivity index (χ0) is 10.7. The van der Waals surface area contributed by atoms with E-state index in [0.29, 0.717) is 12.0 Å². The summed E-state index contributed by atoms with van der Waals surface area (Å²) < 4.78 is 0. The molecule has 0 amide bonds. The molecule has 15 heavy (non-hydrogen) atoms. The van der Waals surface area contributed by atoms with Crippen LogP contribution in [-0.2, 0) is 0 Å². The summed E-state index contributed by atoms with van der Waals surface area (Å²) in [6.07, 6.45) is 7.98. The van der Waals surface area contributed by atoms with Gasteiger partial charge in [0.2, 0.25) is 0 Å². The lowest BCUT2D eigenvalue weighted by molar-refractivity contribution is 0.166. The molecule has 1 fully saturated rings. The van der Waals surface area contributed by atoms with Crippen LogP contribution in [0, 0.1) is 0 Å². The highest BCUT2D eigenvalue weighted by Crippen LogP contribution is 2.25. The molecular formula is C12H19N3. The third-order valence-corrected chi connectivity index (χ3v) is 3.18. The van der Waals surface area contributed by atoms with Gasteiger partial charge in [-0.1, -0.05) is 0 Å². The molecule has 1 aliphatic rings. The van der Waals surface area contributed by atoms with Crippen molar-refractivity contribution in [1.29, 1.82) is 0 Å². The second kappa shape index (κ2) is 4.71. The van der Waals surface area contributed by atoms with Gasteiger partial charge in [0.15, 0.2) is 0 Å². The second-order valence-corrected chi connectivity index (χ2v) is 4.56. The Morgan fingerprint density at radius 1 is 1.40 bits per heavy atom. The molecule has 0 radical (unpaired) electrons. The molecule has 3 nitrogen and oxygen atoms in total. The lowest BCUT2D eigenvalue weighted by atomic mass is 9.94. The molecule has 0 aliphatic carbocycles. The van der Waals surface area contributed by atoms with E-state index in [1.807, 2.05) is 6.20 Å². The number of hydrogen-bond donors (Lipinski definition) is 0. The van der Waals surface area contributed by atoms with Gasteiger partial charge in [-0.3, -0.25) is 9.97 Å². The van der Waals surface area contributed by atoms with Crippen molar-refractivity contribution in [3.8, 4) is 0 Å². The van der Waals surface area contributed by atoms with E-state index in [-0.39, 0.29) is 0 Å². The van der Waals surface area contributed by atoms with Gasteiger partial charge in [0.1, 0.15) is 0 Å². The first-order valence-electron chi connectivity index (χ1n) is 5.77. The first-order chi connectivity index (χ1) is 7.27. The largest absolute Gasteiger partial charge is 0.300 e. The first kappa shape index (κ1) is 10.6. The predicted octanol–water partition coefficient (Wildman–Crippen LogP) is 2.06. The summed E-state index contributed by atoms with van der Waals surface area (Å²) in [6.45, 7) is 6.89. The summed E-state index contributed by atoms with van der Waals surface area (Å²) >= 11 is 0. The van der Waals surface area contributed by atoms with Gasteiger partial charge in [-0.15, -0.1) is 0 Å². The Bertz CT molecular complexity index is 297. The molecule has 1 aromatic rings. The standard InChI is InChI=1S/C12H19N3/c1-10(2)15-7-3-4-11(9-15)12-8-13-5-6-14-12/h5-6,8,10-11H,3-4,7,9H2,1-2H3. The maximum absolute atomic E-state index is 4.41. The van der Waals surface area contributed by atoms with E-state index in [0.717, 1.165) is 12.2 Å². The van der Waals surface area contributed by atoms with E-state index in [1.54, 1.807) is 12.4 Å². The molecule has 1 unspecified atom stereocenters. The molecule has 1 atom stereocenters.